The first-order chi connectivity index (χ1) is 12.5. The first-order valence-corrected chi connectivity index (χ1v) is 9.11. The van der Waals surface area contributed by atoms with Gasteiger partial charge in [-0.2, -0.15) is 0 Å². The number of nitrogens with one attached hydrogen (secondary N) is 1. The average Bonchev–Trinajstić information content (AvgIpc) is 3.01. The standard InChI is InChI=1S/C20H19FN2O2S/c1-3-14-4-10-17(11-5-14)25-12-18(24)22-20-23-19(13(2)26-20)15-6-8-16(21)9-7-15/h4-11H,3,12H2,1-2H3,(H,22,23,24). The fraction of sp³-hybridized carbons (Fsp3) is 0.200. The topological polar surface area (TPSA) is 51.2 Å². The monoisotopic (exact) mass is 370 g/mol. The molecule has 134 valence electrons. The lowest BCUT2D eigenvalue weighted by atomic mass is 10.1. The number of ether oxygens (including phenoxy) is 1. The van der Waals surface area contributed by atoms with Crippen molar-refractivity contribution in [3.8, 4) is 17.0 Å². The fourth-order valence-corrected chi connectivity index (χ4v) is 3.30. The molecule has 0 radical (unpaired) electrons. The van der Waals surface area contributed by atoms with Crippen LogP contribution in [0.3, 0.4) is 0 Å². The Morgan fingerprint density at radius 2 is 1.85 bits per heavy atom. The quantitative estimate of drug-likeness (QED) is 0.676. The van der Waals surface area contributed by atoms with Gasteiger partial charge >= 0.3 is 0 Å². The van der Waals surface area contributed by atoms with Gasteiger partial charge in [0.25, 0.3) is 5.91 Å². The van der Waals surface area contributed by atoms with Crippen molar-refractivity contribution in [1.29, 1.82) is 0 Å². The lowest BCUT2D eigenvalue weighted by Gasteiger charge is -2.06. The number of amides is 1. The Morgan fingerprint density at radius 3 is 2.50 bits per heavy atom. The molecule has 0 fully saturated rings. The van der Waals surface area contributed by atoms with E-state index in [4.69, 9.17) is 4.74 Å². The maximum atomic E-state index is 13.1. The molecular weight excluding hydrogens is 351 g/mol. The van der Waals surface area contributed by atoms with E-state index in [0.29, 0.717) is 10.9 Å². The highest BCUT2D eigenvalue weighted by molar-refractivity contribution is 7.16. The lowest BCUT2D eigenvalue weighted by molar-refractivity contribution is -0.118. The Bertz CT molecular complexity index is 889. The molecule has 6 heteroatoms. The summed E-state index contributed by atoms with van der Waals surface area (Å²) in [5, 5.41) is 3.24. The number of hydrogen-bond acceptors (Lipinski definition) is 4. The second-order valence-corrected chi connectivity index (χ2v) is 6.97. The Balaban J connectivity index is 1.60. The molecule has 0 atom stereocenters. The number of anilines is 1. The maximum absolute atomic E-state index is 13.1. The SMILES string of the molecule is CCc1ccc(OCC(=O)Nc2nc(-c3ccc(F)cc3)c(C)s2)cc1. The molecule has 0 saturated heterocycles. The van der Waals surface area contributed by atoms with Gasteiger partial charge in [0.1, 0.15) is 11.6 Å². The van der Waals surface area contributed by atoms with Crippen LogP contribution in [0.15, 0.2) is 48.5 Å². The first kappa shape index (κ1) is 18.1. The summed E-state index contributed by atoms with van der Waals surface area (Å²) in [4.78, 5) is 17.5. The Kier molecular flexibility index (Phi) is 5.63. The molecule has 26 heavy (non-hydrogen) atoms. The number of carbonyl (C=O) groups excluding carboxylic acids is 1. The minimum Gasteiger partial charge on any atom is -0.484 e. The van der Waals surface area contributed by atoms with Crippen LogP contribution in [0.1, 0.15) is 17.4 Å². The molecular formula is C20H19FN2O2S. The van der Waals surface area contributed by atoms with Gasteiger partial charge < -0.3 is 4.74 Å². The van der Waals surface area contributed by atoms with Gasteiger partial charge in [0.05, 0.1) is 5.69 Å². The van der Waals surface area contributed by atoms with E-state index in [-0.39, 0.29) is 18.3 Å². The number of benzene rings is 2. The van der Waals surface area contributed by atoms with Crippen LogP contribution in [0.25, 0.3) is 11.3 Å². The summed E-state index contributed by atoms with van der Waals surface area (Å²) in [5.41, 5.74) is 2.77. The van der Waals surface area contributed by atoms with Crippen LogP contribution < -0.4 is 10.1 Å². The van der Waals surface area contributed by atoms with Crippen molar-refractivity contribution in [3.05, 3.63) is 64.8 Å². The molecule has 0 aliphatic heterocycles. The molecule has 1 heterocycles. The molecule has 0 bridgehead atoms. The van der Waals surface area contributed by atoms with Crippen molar-refractivity contribution in [2.75, 3.05) is 11.9 Å². The van der Waals surface area contributed by atoms with Crippen LogP contribution in [0, 0.1) is 12.7 Å². The molecule has 1 aromatic heterocycles. The van der Waals surface area contributed by atoms with E-state index in [9.17, 15) is 9.18 Å². The van der Waals surface area contributed by atoms with Crippen LogP contribution in [-0.4, -0.2) is 17.5 Å². The molecule has 4 nitrogen and oxygen atoms in total. The van der Waals surface area contributed by atoms with Crippen LogP contribution >= 0.6 is 11.3 Å². The zero-order valence-corrected chi connectivity index (χ0v) is 15.4. The molecule has 0 spiro atoms. The van der Waals surface area contributed by atoms with Crippen LogP contribution in [0.4, 0.5) is 9.52 Å². The Morgan fingerprint density at radius 1 is 1.15 bits per heavy atom. The highest BCUT2D eigenvalue weighted by Crippen LogP contribution is 2.30. The second kappa shape index (κ2) is 8.10. The predicted octanol–water partition coefficient (Wildman–Crippen LogP) is 4.84. The number of aromatic nitrogens is 1. The lowest BCUT2D eigenvalue weighted by Crippen LogP contribution is -2.20. The molecule has 1 N–H and O–H groups in total. The van der Waals surface area contributed by atoms with Gasteiger partial charge in [-0.25, -0.2) is 9.37 Å². The smallest absolute Gasteiger partial charge is 0.264 e. The third kappa shape index (κ3) is 4.46. The van der Waals surface area contributed by atoms with Crippen molar-refractivity contribution in [2.45, 2.75) is 20.3 Å². The van der Waals surface area contributed by atoms with E-state index in [1.54, 1.807) is 12.1 Å². The first-order valence-electron chi connectivity index (χ1n) is 8.30. The average molecular weight is 370 g/mol. The second-order valence-electron chi connectivity index (χ2n) is 5.77. The van der Waals surface area contributed by atoms with Crippen LogP contribution in [-0.2, 0) is 11.2 Å². The van der Waals surface area contributed by atoms with Crippen molar-refractivity contribution in [1.82, 2.24) is 4.98 Å². The van der Waals surface area contributed by atoms with Gasteiger partial charge in [0.2, 0.25) is 0 Å². The summed E-state index contributed by atoms with van der Waals surface area (Å²) in [6.07, 6.45) is 0.959. The number of carbonyl (C=O) groups is 1. The fourth-order valence-electron chi connectivity index (χ4n) is 2.45. The summed E-state index contributed by atoms with van der Waals surface area (Å²) in [5.74, 6) is 0.0860. The van der Waals surface area contributed by atoms with Gasteiger partial charge in [0, 0.05) is 10.4 Å². The number of hydrogen-bond donors (Lipinski definition) is 1. The highest BCUT2D eigenvalue weighted by Gasteiger charge is 2.12. The van der Waals surface area contributed by atoms with Crippen LogP contribution in [0.5, 0.6) is 5.75 Å². The number of nitrogens with zero attached hydrogens (tertiary/aromatic N) is 1. The van der Waals surface area contributed by atoms with E-state index in [1.807, 2.05) is 31.2 Å². The van der Waals surface area contributed by atoms with E-state index < -0.39 is 0 Å². The molecule has 1 amide bonds. The normalized spacial score (nSPS) is 10.6. The zero-order valence-electron chi connectivity index (χ0n) is 14.6. The summed E-state index contributed by atoms with van der Waals surface area (Å²) in [7, 11) is 0. The van der Waals surface area contributed by atoms with E-state index >= 15 is 0 Å². The molecule has 0 aliphatic rings. The third-order valence-electron chi connectivity index (χ3n) is 3.86. The minimum atomic E-state index is -0.292. The zero-order chi connectivity index (χ0) is 18.5. The summed E-state index contributed by atoms with van der Waals surface area (Å²) in [6.45, 7) is 3.91. The van der Waals surface area contributed by atoms with E-state index in [2.05, 4.69) is 17.2 Å². The molecule has 3 aromatic rings. The van der Waals surface area contributed by atoms with Crippen LogP contribution in [0.2, 0.25) is 0 Å². The van der Waals surface area contributed by atoms with Gasteiger partial charge in [-0.05, 0) is 55.3 Å². The van der Waals surface area contributed by atoms with Crippen molar-refractivity contribution in [3.63, 3.8) is 0 Å². The Labute approximate surface area is 155 Å². The summed E-state index contributed by atoms with van der Waals surface area (Å²) >= 11 is 1.38. The van der Waals surface area contributed by atoms with Gasteiger partial charge in [-0.3, -0.25) is 10.1 Å². The minimum absolute atomic E-state index is 0.0873. The maximum Gasteiger partial charge on any atom is 0.264 e. The summed E-state index contributed by atoms with van der Waals surface area (Å²) < 4.78 is 18.6. The molecule has 0 aliphatic carbocycles. The van der Waals surface area contributed by atoms with Gasteiger partial charge in [-0.1, -0.05) is 19.1 Å². The number of rotatable bonds is 6. The van der Waals surface area contributed by atoms with Crippen molar-refractivity contribution in [2.24, 2.45) is 0 Å². The number of halogens is 1. The highest BCUT2D eigenvalue weighted by atomic mass is 32.1. The van der Waals surface area contributed by atoms with E-state index in [1.165, 1.54) is 29.0 Å². The van der Waals surface area contributed by atoms with E-state index in [0.717, 1.165) is 22.6 Å². The summed E-state index contributed by atoms with van der Waals surface area (Å²) in [6, 6.07) is 13.8. The molecule has 0 saturated carbocycles. The van der Waals surface area contributed by atoms with Gasteiger partial charge in [0.15, 0.2) is 11.7 Å². The molecule has 2 aromatic carbocycles. The Hall–Kier alpha value is -2.73. The molecule has 0 unspecified atom stereocenters. The third-order valence-corrected chi connectivity index (χ3v) is 4.75. The number of aryl methyl sites for hydroxylation is 2. The predicted molar refractivity (Wildman–Crippen MR) is 102 cm³/mol. The number of thiazole rings is 1. The molecule has 3 rings (SSSR count). The van der Waals surface area contributed by atoms with Gasteiger partial charge in [-0.15, -0.1) is 11.3 Å². The largest absolute Gasteiger partial charge is 0.484 e. The van der Waals surface area contributed by atoms with Crippen molar-refractivity contribution >= 4 is 22.4 Å². The van der Waals surface area contributed by atoms with Crippen molar-refractivity contribution < 1.29 is 13.9 Å².